The maximum absolute atomic E-state index is 14.6. The number of hydrogen-bond donors (Lipinski definition) is 2. The molecule has 34 heavy (non-hydrogen) atoms. The largest absolute Gasteiger partial charge is 0.429 e. The summed E-state index contributed by atoms with van der Waals surface area (Å²) in [4.78, 5) is 17.7. The van der Waals surface area contributed by atoms with Crippen molar-refractivity contribution < 1.29 is 18.0 Å². The van der Waals surface area contributed by atoms with E-state index in [0.29, 0.717) is 39.5 Å². The third-order valence-electron chi connectivity index (χ3n) is 6.29. The highest BCUT2D eigenvalue weighted by Gasteiger charge is 2.29. The van der Waals surface area contributed by atoms with Crippen molar-refractivity contribution in [3.8, 4) is 11.1 Å². The van der Waals surface area contributed by atoms with Crippen LogP contribution in [0.1, 0.15) is 71.8 Å². The molecule has 0 radical (unpaired) electrons. The fourth-order valence-corrected chi connectivity index (χ4v) is 4.85. The van der Waals surface area contributed by atoms with Gasteiger partial charge in [0.25, 0.3) is 11.9 Å². The molecule has 0 aliphatic heterocycles. The van der Waals surface area contributed by atoms with Crippen LogP contribution in [0.15, 0.2) is 34.7 Å². The van der Waals surface area contributed by atoms with Crippen molar-refractivity contribution in [2.45, 2.75) is 52.0 Å². The highest BCUT2D eigenvalue weighted by molar-refractivity contribution is 5.97. The van der Waals surface area contributed by atoms with Crippen LogP contribution in [0.3, 0.4) is 0 Å². The first-order valence-corrected chi connectivity index (χ1v) is 11.3. The summed E-state index contributed by atoms with van der Waals surface area (Å²) in [6.07, 6.45) is 2.30. The summed E-state index contributed by atoms with van der Waals surface area (Å²) in [5.41, 5.74) is 8.72. The Morgan fingerprint density at radius 1 is 1.21 bits per heavy atom. The molecule has 1 unspecified atom stereocenters. The van der Waals surface area contributed by atoms with Crippen LogP contribution in [-0.2, 0) is 6.42 Å². The van der Waals surface area contributed by atoms with Crippen molar-refractivity contribution in [2.75, 3.05) is 5.73 Å². The maximum atomic E-state index is 14.6. The summed E-state index contributed by atoms with van der Waals surface area (Å²) in [5.74, 6) is -0.992. The molecular weight excluding hydrogens is 440 g/mol. The third kappa shape index (κ3) is 3.52. The predicted octanol–water partition coefficient (Wildman–Crippen LogP) is 5.09. The Morgan fingerprint density at radius 2 is 1.94 bits per heavy atom. The standard InChI is InChI=1S/C25H25F2N5O2/c1-12(2)23-14(24(33)29-17-8-5-9-19-22(17)30-25(28)34-19)10-11-18-20(13(3)31-32(18)23)21-15(26)6-4-7-16(21)27/h4,6-7,10-12,17H,5,8-9H2,1-3H3,(H2,28,30)(H,29,33). The first-order valence-electron chi connectivity index (χ1n) is 11.3. The SMILES string of the molecule is Cc1nn2c(C(C)C)c(C(=O)NC3CCCc4oc(N)nc43)ccc2c1-c1c(F)cccc1F. The number of nitrogens with one attached hydrogen (secondary N) is 1. The lowest BCUT2D eigenvalue weighted by atomic mass is 9.95. The zero-order chi connectivity index (χ0) is 24.1. The lowest BCUT2D eigenvalue weighted by Crippen LogP contribution is -2.32. The van der Waals surface area contributed by atoms with Crippen molar-refractivity contribution in [2.24, 2.45) is 0 Å². The minimum atomic E-state index is -0.661. The van der Waals surface area contributed by atoms with Gasteiger partial charge in [0.2, 0.25) is 0 Å². The maximum Gasteiger partial charge on any atom is 0.292 e. The number of nitrogen functional groups attached to an aromatic ring is 1. The predicted molar refractivity (Wildman–Crippen MR) is 123 cm³/mol. The fourth-order valence-electron chi connectivity index (χ4n) is 4.85. The molecule has 0 bridgehead atoms. The molecule has 0 fully saturated rings. The van der Waals surface area contributed by atoms with E-state index in [4.69, 9.17) is 10.2 Å². The average Bonchev–Trinajstić information content (AvgIpc) is 3.32. The third-order valence-corrected chi connectivity index (χ3v) is 6.29. The Hall–Kier alpha value is -3.75. The number of nitrogens with zero attached hydrogens (tertiary/aromatic N) is 3. The van der Waals surface area contributed by atoms with Crippen LogP contribution >= 0.6 is 0 Å². The Kier molecular flexibility index (Phi) is 5.34. The van der Waals surface area contributed by atoms with Gasteiger partial charge in [0.05, 0.1) is 34.1 Å². The van der Waals surface area contributed by atoms with Crippen molar-refractivity contribution >= 4 is 17.4 Å². The van der Waals surface area contributed by atoms with Crippen LogP contribution in [-0.4, -0.2) is 20.5 Å². The van der Waals surface area contributed by atoms with E-state index in [0.717, 1.165) is 19.3 Å². The number of carbonyl (C=O) groups is 1. The average molecular weight is 466 g/mol. The number of oxazole rings is 1. The molecule has 1 atom stereocenters. The zero-order valence-corrected chi connectivity index (χ0v) is 19.2. The number of nitrogens with two attached hydrogens (primary N) is 1. The van der Waals surface area contributed by atoms with Crippen LogP contribution in [0, 0.1) is 18.6 Å². The van der Waals surface area contributed by atoms with Gasteiger partial charge in [-0.3, -0.25) is 4.79 Å². The van der Waals surface area contributed by atoms with E-state index in [9.17, 15) is 13.6 Å². The number of aromatic nitrogens is 3. The number of aryl methyl sites for hydroxylation is 2. The first kappa shape index (κ1) is 22.1. The number of carbonyl (C=O) groups excluding carboxylic acids is 1. The number of rotatable bonds is 4. The summed E-state index contributed by atoms with van der Waals surface area (Å²) in [5, 5.41) is 7.64. The molecule has 176 valence electrons. The summed E-state index contributed by atoms with van der Waals surface area (Å²) >= 11 is 0. The first-order chi connectivity index (χ1) is 16.3. The highest BCUT2D eigenvalue weighted by atomic mass is 19.1. The van der Waals surface area contributed by atoms with Crippen molar-refractivity contribution in [3.05, 3.63) is 70.4 Å². The van der Waals surface area contributed by atoms with Crippen LogP contribution in [0.25, 0.3) is 16.6 Å². The van der Waals surface area contributed by atoms with E-state index in [-0.39, 0.29) is 29.4 Å². The normalized spacial score (nSPS) is 15.6. The van der Waals surface area contributed by atoms with Gasteiger partial charge in [-0.25, -0.2) is 13.3 Å². The molecule has 1 aromatic carbocycles. The second-order valence-electron chi connectivity index (χ2n) is 8.92. The van der Waals surface area contributed by atoms with Crippen molar-refractivity contribution in [1.29, 1.82) is 0 Å². The molecule has 3 aromatic heterocycles. The lowest BCUT2D eigenvalue weighted by Gasteiger charge is -2.22. The van der Waals surface area contributed by atoms with Gasteiger partial charge in [-0.15, -0.1) is 0 Å². The summed E-state index contributed by atoms with van der Waals surface area (Å²) in [6.45, 7) is 5.60. The van der Waals surface area contributed by atoms with Gasteiger partial charge in [-0.05, 0) is 49.9 Å². The molecule has 1 aliphatic carbocycles. The fraction of sp³-hybridized carbons (Fsp3) is 0.320. The quantitative estimate of drug-likeness (QED) is 0.438. The van der Waals surface area contributed by atoms with Gasteiger partial charge in [-0.2, -0.15) is 10.1 Å². The van der Waals surface area contributed by atoms with E-state index < -0.39 is 11.6 Å². The number of fused-ring (bicyclic) bond motifs is 2. The lowest BCUT2D eigenvalue weighted by molar-refractivity contribution is 0.0929. The molecule has 1 amide bonds. The van der Waals surface area contributed by atoms with E-state index in [1.807, 2.05) is 13.8 Å². The molecule has 0 spiro atoms. The smallest absolute Gasteiger partial charge is 0.292 e. The molecule has 1 aliphatic rings. The Bertz CT molecular complexity index is 1400. The molecule has 9 heteroatoms. The van der Waals surface area contributed by atoms with E-state index in [1.165, 1.54) is 18.2 Å². The van der Waals surface area contributed by atoms with Gasteiger partial charge >= 0.3 is 0 Å². The van der Waals surface area contributed by atoms with Crippen LogP contribution < -0.4 is 11.1 Å². The second-order valence-corrected chi connectivity index (χ2v) is 8.92. The van der Waals surface area contributed by atoms with E-state index in [1.54, 1.807) is 23.6 Å². The molecule has 3 heterocycles. The molecule has 4 aromatic rings. The molecular formula is C25H25F2N5O2. The summed E-state index contributed by atoms with van der Waals surface area (Å²) < 4.78 is 36.3. The van der Waals surface area contributed by atoms with Gasteiger partial charge in [0, 0.05) is 12.0 Å². The minimum Gasteiger partial charge on any atom is -0.429 e. The summed E-state index contributed by atoms with van der Waals surface area (Å²) in [6, 6.07) is 6.93. The number of benzene rings is 1. The topological polar surface area (TPSA) is 98.5 Å². The Balaban J connectivity index is 1.60. The highest BCUT2D eigenvalue weighted by Crippen LogP contribution is 2.35. The molecule has 3 N–H and O–H groups in total. The number of anilines is 1. The second kappa shape index (κ2) is 8.23. The van der Waals surface area contributed by atoms with Gasteiger partial charge in [0.1, 0.15) is 23.1 Å². The van der Waals surface area contributed by atoms with Gasteiger partial charge in [-0.1, -0.05) is 19.9 Å². The molecule has 5 rings (SSSR count). The van der Waals surface area contributed by atoms with E-state index >= 15 is 0 Å². The van der Waals surface area contributed by atoms with Gasteiger partial charge < -0.3 is 15.5 Å². The number of hydrogen-bond acceptors (Lipinski definition) is 5. The number of pyridine rings is 1. The van der Waals surface area contributed by atoms with Crippen LogP contribution in [0.5, 0.6) is 0 Å². The Morgan fingerprint density at radius 3 is 2.65 bits per heavy atom. The molecule has 7 nitrogen and oxygen atoms in total. The number of amides is 1. The zero-order valence-electron chi connectivity index (χ0n) is 19.2. The van der Waals surface area contributed by atoms with Crippen LogP contribution in [0.4, 0.5) is 14.8 Å². The minimum absolute atomic E-state index is 0.0910. The summed E-state index contributed by atoms with van der Waals surface area (Å²) in [7, 11) is 0. The number of halogens is 2. The van der Waals surface area contributed by atoms with Crippen molar-refractivity contribution in [3.63, 3.8) is 0 Å². The Labute approximate surface area is 195 Å². The molecule has 0 saturated heterocycles. The monoisotopic (exact) mass is 465 g/mol. The van der Waals surface area contributed by atoms with Crippen LogP contribution in [0.2, 0.25) is 0 Å². The molecule has 0 saturated carbocycles. The van der Waals surface area contributed by atoms with E-state index in [2.05, 4.69) is 15.4 Å². The van der Waals surface area contributed by atoms with Gasteiger partial charge in [0.15, 0.2) is 0 Å². The van der Waals surface area contributed by atoms with Crippen molar-refractivity contribution in [1.82, 2.24) is 19.9 Å².